The van der Waals surface area contributed by atoms with E-state index in [1.54, 1.807) is 20.3 Å². The number of benzene rings is 2. The zero-order chi connectivity index (χ0) is 28.3. The summed E-state index contributed by atoms with van der Waals surface area (Å²) in [6.45, 7) is 3.86. The number of carbonyl (C=O) groups is 1. The Morgan fingerprint density at radius 1 is 0.921 bits per heavy atom. The Morgan fingerprint density at radius 2 is 1.53 bits per heavy atom. The van der Waals surface area contributed by atoms with Crippen molar-refractivity contribution >= 4 is 5.91 Å². The number of nitrogens with one attached hydrogen (secondary N) is 2. The van der Waals surface area contributed by atoms with Crippen LogP contribution in [0.25, 0.3) is 0 Å². The maximum atomic E-state index is 13.3. The lowest BCUT2D eigenvalue weighted by Gasteiger charge is -2.32. The first kappa shape index (κ1) is 29.6. The summed E-state index contributed by atoms with van der Waals surface area (Å²) in [7, 11) is 3.10. The summed E-state index contributed by atoms with van der Waals surface area (Å²) in [6.07, 6.45) is -8.17. The number of carbonyl (C=O) groups excluding carboxylic acids is 1. The quantitative estimate of drug-likeness (QED) is 0.361. The van der Waals surface area contributed by atoms with E-state index in [1.165, 1.54) is 0 Å². The molecule has 11 heteroatoms. The zero-order valence-electron chi connectivity index (χ0n) is 21.6. The van der Waals surface area contributed by atoms with Crippen LogP contribution in [0.5, 0.6) is 11.5 Å². The summed E-state index contributed by atoms with van der Waals surface area (Å²) in [5, 5.41) is 6.06. The molecule has 2 aromatic rings. The first-order chi connectivity index (χ1) is 17.7. The highest BCUT2D eigenvalue weighted by molar-refractivity contribution is 5.83. The van der Waals surface area contributed by atoms with E-state index in [4.69, 9.17) is 9.47 Å². The Hall–Kier alpha value is -2.95. The molecule has 1 fully saturated rings. The Labute approximate surface area is 217 Å². The minimum Gasteiger partial charge on any atom is -0.493 e. The van der Waals surface area contributed by atoms with Gasteiger partial charge in [0.1, 0.15) is 0 Å². The molecule has 0 radical (unpaired) electrons. The maximum absolute atomic E-state index is 13.3. The second-order valence-corrected chi connectivity index (χ2v) is 9.92. The predicted octanol–water partition coefficient (Wildman–Crippen LogP) is 6.34. The van der Waals surface area contributed by atoms with Crippen molar-refractivity contribution in [3.63, 3.8) is 0 Å². The van der Waals surface area contributed by atoms with Crippen LogP contribution in [-0.4, -0.2) is 26.2 Å². The third-order valence-corrected chi connectivity index (χ3v) is 7.25. The Kier molecular flexibility index (Phi) is 8.90. The number of alkyl halides is 6. The van der Waals surface area contributed by atoms with Crippen LogP contribution in [0.1, 0.15) is 55.4 Å². The van der Waals surface area contributed by atoms with Crippen molar-refractivity contribution in [1.82, 2.24) is 10.6 Å². The fourth-order valence-corrected chi connectivity index (χ4v) is 4.98. The van der Waals surface area contributed by atoms with Crippen LogP contribution in [0.2, 0.25) is 0 Å². The molecule has 0 unspecified atom stereocenters. The maximum Gasteiger partial charge on any atom is 0.416 e. The monoisotopic (exact) mass is 546 g/mol. The highest BCUT2D eigenvalue weighted by Crippen LogP contribution is 2.45. The molecule has 0 spiro atoms. The molecule has 2 atom stereocenters. The van der Waals surface area contributed by atoms with E-state index in [2.05, 4.69) is 10.6 Å². The van der Waals surface area contributed by atoms with Gasteiger partial charge in [0.25, 0.3) is 0 Å². The van der Waals surface area contributed by atoms with Crippen LogP contribution >= 0.6 is 0 Å². The van der Waals surface area contributed by atoms with E-state index >= 15 is 0 Å². The molecule has 2 aromatic carbocycles. The molecule has 0 heterocycles. The average molecular weight is 547 g/mol. The average Bonchev–Trinajstić information content (AvgIpc) is 3.30. The number of halogens is 6. The largest absolute Gasteiger partial charge is 0.493 e. The van der Waals surface area contributed by atoms with Crippen LogP contribution in [0.15, 0.2) is 36.4 Å². The van der Waals surface area contributed by atoms with Gasteiger partial charge in [-0.25, -0.2) is 0 Å². The van der Waals surface area contributed by atoms with Crippen LogP contribution in [-0.2, 0) is 30.2 Å². The lowest BCUT2D eigenvalue weighted by molar-refractivity contribution is -0.143. The molecule has 38 heavy (non-hydrogen) atoms. The Balaban J connectivity index is 1.70. The molecule has 2 N–H and O–H groups in total. The van der Waals surface area contributed by atoms with Crippen LogP contribution in [0, 0.1) is 11.3 Å². The summed E-state index contributed by atoms with van der Waals surface area (Å²) in [4.78, 5) is 13.3. The number of hydrogen-bond acceptors (Lipinski definition) is 4. The third kappa shape index (κ3) is 6.73. The minimum atomic E-state index is -4.95. The van der Waals surface area contributed by atoms with Gasteiger partial charge in [-0.3, -0.25) is 4.79 Å². The van der Waals surface area contributed by atoms with Crippen molar-refractivity contribution < 1.29 is 40.6 Å². The second kappa shape index (κ2) is 11.4. The van der Waals surface area contributed by atoms with E-state index in [0.29, 0.717) is 49.4 Å². The van der Waals surface area contributed by atoms with Crippen LogP contribution in [0.3, 0.4) is 0 Å². The molecule has 0 saturated heterocycles. The van der Waals surface area contributed by atoms with Crippen molar-refractivity contribution in [2.75, 3.05) is 14.2 Å². The van der Waals surface area contributed by atoms with Gasteiger partial charge in [0.05, 0.1) is 30.8 Å². The molecule has 3 rings (SSSR count). The van der Waals surface area contributed by atoms with Gasteiger partial charge in [0.2, 0.25) is 5.91 Å². The summed E-state index contributed by atoms with van der Waals surface area (Å²) < 4.78 is 89.7. The third-order valence-electron chi connectivity index (χ3n) is 7.25. The number of amides is 1. The molecule has 5 nitrogen and oxygen atoms in total. The second-order valence-electron chi connectivity index (χ2n) is 9.92. The summed E-state index contributed by atoms with van der Waals surface area (Å²) in [5.41, 5.74) is -2.92. The Morgan fingerprint density at radius 3 is 2.05 bits per heavy atom. The summed E-state index contributed by atoms with van der Waals surface area (Å²) in [6, 6.07) is 6.91. The van der Waals surface area contributed by atoms with Crippen LogP contribution < -0.4 is 20.1 Å². The van der Waals surface area contributed by atoms with E-state index in [1.807, 2.05) is 26.0 Å². The fraction of sp³-hybridized carbons (Fsp3) is 0.519. The SMILES string of the molecule is COc1ccc(CN[C@@H]2CC[C@@](C(=O)NCc3cc(C(F)(F)F)cc(C(F)(F)F)c3)(C(C)C)C2)cc1OC. The zero-order valence-corrected chi connectivity index (χ0v) is 21.6. The van der Waals surface area contributed by atoms with Gasteiger partial charge in [-0.2, -0.15) is 26.3 Å². The van der Waals surface area contributed by atoms with Gasteiger partial charge in [0, 0.05) is 19.1 Å². The van der Waals surface area contributed by atoms with E-state index in [9.17, 15) is 31.1 Å². The van der Waals surface area contributed by atoms with Crippen molar-refractivity contribution in [3.8, 4) is 11.5 Å². The topological polar surface area (TPSA) is 59.6 Å². The smallest absolute Gasteiger partial charge is 0.416 e. The van der Waals surface area contributed by atoms with Crippen molar-refractivity contribution in [3.05, 3.63) is 58.7 Å². The number of ether oxygens (including phenoxy) is 2. The van der Waals surface area contributed by atoms with E-state index in [0.717, 1.165) is 5.56 Å². The van der Waals surface area contributed by atoms with Gasteiger partial charge in [-0.1, -0.05) is 19.9 Å². The molecule has 1 amide bonds. The summed E-state index contributed by atoms with van der Waals surface area (Å²) >= 11 is 0. The van der Waals surface area contributed by atoms with Crippen LogP contribution in [0.4, 0.5) is 26.3 Å². The van der Waals surface area contributed by atoms with Crippen molar-refractivity contribution in [1.29, 1.82) is 0 Å². The van der Waals surface area contributed by atoms with Crippen molar-refractivity contribution in [2.45, 2.75) is 64.6 Å². The molecular weight excluding hydrogens is 514 g/mol. The van der Waals surface area contributed by atoms with Gasteiger partial charge in [-0.15, -0.1) is 0 Å². The lowest BCUT2D eigenvalue weighted by Crippen LogP contribution is -2.43. The van der Waals surface area contributed by atoms with Crippen molar-refractivity contribution in [2.24, 2.45) is 11.3 Å². The molecule has 1 aliphatic carbocycles. The first-order valence-electron chi connectivity index (χ1n) is 12.2. The summed E-state index contributed by atoms with van der Waals surface area (Å²) in [5.74, 6) is 0.727. The molecule has 0 aromatic heterocycles. The molecular formula is C27H32F6N2O3. The highest BCUT2D eigenvalue weighted by atomic mass is 19.4. The molecule has 1 saturated carbocycles. The van der Waals surface area contributed by atoms with E-state index < -0.39 is 35.4 Å². The lowest BCUT2D eigenvalue weighted by atomic mass is 9.74. The standard InChI is InChI=1S/C27H32F6N2O3/c1-16(2)25(8-7-21(13-25)34-14-17-5-6-22(37-3)23(11-17)38-4)24(36)35-15-18-9-19(26(28,29)30)12-20(10-18)27(31,32)33/h5-6,9-12,16,21,34H,7-8,13-15H2,1-4H3,(H,35,36)/t21-,25+/m1/s1. The number of rotatable bonds is 9. The van der Waals surface area contributed by atoms with Gasteiger partial charge in [-0.05, 0) is 66.6 Å². The van der Waals surface area contributed by atoms with E-state index in [-0.39, 0.29) is 29.5 Å². The highest BCUT2D eigenvalue weighted by Gasteiger charge is 2.47. The number of hydrogen-bond donors (Lipinski definition) is 2. The molecule has 0 aliphatic heterocycles. The van der Waals surface area contributed by atoms with Gasteiger partial charge in [0.15, 0.2) is 11.5 Å². The Bertz CT molecular complexity index is 1100. The fourth-order valence-electron chi connectivity index (χ4n) is 4.98. The number of methoxy groups -OCH3 is 2. The minimum absolute atomic E-state index is 0.00151. The first-order valence-corrected chi connectivity index (χ1v) is 12.2. The molecule has 0 bridgehead atoms. The molecule has 1 aliphatic rings. The van der Waals surface area contributed by atoms with Gasteiger partial charge < -0.3 is 20.1 Å². The molecule has 210 valence electrons. The normalized spacial score (nSPS) is 20.0. The van der Waals surface area contributed by atoms with Gasteiger partial charge >= 0.3 is 12.4 Å². The predicted molar refractivity (Wildman–Crippen MR) is 130 cm³/mol.